The van der Waals surface area contributed by atoms with Crippen LogP contribution in [-0.4, -0.2) is 17.0 Å². The van der Waals surface area contributed by atoms with E-state index in [0.717, 1.165) is 12.1 Å². The van der Waals surface area contributed by atoms with Crippen LogP contribution in [-0.2, 0) is 7.05 Å². The average molecular weight is 292 g/mol. The zero-order valence-corrected chi connectivity index (χ0v) is 11.6. The summed E-state index contributed by atoms with van der Waals surface area (Å²) >= 11 is 0. The lowest BCUT2D eigenvalue weighted by atomic mass is 10.2. The van der Waals surface area contributed by atoms with Crippen molar-refractivity contribution in [3.05, 3.63) is 64.1 Å². The highest BCUT2D eigenvalue weighted by atomic mass is 19.2. The van der Waals surface area contributed by atoms with Crippen LogP contribution in [0.4, 0.5) is 14.5 Å². The Balaban J connectivity index is 2.40. The monoisotopic (exact) mass is 292 g/mol. The second-order valence-corrected chi connectivity index (χ2v) is 4.51. The summed E-state index contributed by atoms with van der Waals surface area (Å²) in [7, 11) is 1.57. The molecular weight excluding hydrogens is 278 g/mol. The van der Waals surface area contributed by atoms with E-state index in [1.165, 1.54) is 33.9 Å². The number of amides is 1. The number of nitrogens with zero attached hydrogens (tertiary/aromatic N) is 2. The molecule has 0 unspecified atom stereocenters. The SMILES string of the molecule is CCN(C(=O)c1ccn(C)c(=O)c1)c1ccc(F)c(F)c1. The minimum absolute atomic E-state index is 0.199. The van der Waals surface area contributed by atoms with Crippen LogP contribution < -0.4 is 10.5 Å². The summed E-state index contributed by atoms with van der Waals surface area (Å²) in [6, 6.07) is 5.96. The zero-order valence-electron chi connectivity index (χ0n) is 11.6. The second kappa shape index (κ2) is 5.87. The van der Waals surface area contributed by atoms with Gasteiger partial charge < -0.3 is 9.47 Å². The maximum atomic E-state index is 13.3. The first kappa shape index (κ1) is 14.9. The van der Waals surface area contributed by atoms with Gasteiger partial charge in [-0.25, -0.2) is 8.78 Å². The number of halogens is 2. The molecule has 0 N–H and O–H groups in total. The molecule has 0 atom stereocenters. The highest BCUT2D eigenvalue weighted by Gasteiger charge is 2.18. The zero-order chi connectivity index (χ0) is 15.6. The van der Waals surface area contributed by atoms with Gasteiger partial charge in [-0.05, 0) is 25.1 Å². The van der Waals surface area contributed by atoms with Crippen LogP contribution in [0.1, 0.15) is 17.3 Å². The Kier molecular flexibility index (Phi) is 4.16. The van der Waals surface area contributed by atoms with E-state index >= 15 is 0 Å². The normalized spacial score (nSPS) is 10.5. The van der Waals surface area contributed by atoms with Gasteiger partial charge in [0.05, 0.1) is 0 Å². The number of carbonyl (C=O) groups excluding carboxylic acids is 1. The average Bonchev–Trinajstić information content (AvgIpc) is 2.46. The Hall–Kier alpha value is -2.50. The molecule has 4 nitrogen and oxygen atoms in total. The largest absolute Gasteiger partial charge is 0.319 e. The lowest BCUT2D eigenvalue weighted by Gasteiger charge is -2.21. The van der Waals surface area contributed by atoms with Gasteiger partial charge in [0.25, 0.3) is 11.5 Å². The third-order valence-corrected chi connectivity index (χ3v) is 3.13. The fourth-order valence-corrected chi connectivity index (χ4v) is 1.93. The van der Waals surface area contributed by atoms with Crippen molar-refractivity contribution in [2.24, 2.45) is 7.05 Å². The maximum Gasteiger partial charge on any atom is 0.258 e. The number of carbonyl (C=O) groups is 1. The minimum Gasteiger partial charge on any atom is -0.319 e. The number of pyridine rings is 1. The summed E-state index contributed by atoms with van der Waals surface area (Å²) in [5.74, 6) is -2.44. The minimum atomic E-state index is -1.03. The van der Waals surface area contributed by atoms with E-state index in [1.807, 2.05) is 0 Å². The van der Waals surface area contributed by atoms with E-state index < -0.39 is 17.5 Å². The van der Waals surface area contributed by atoms with E-state index in [2.05, 4.69) is 0 Å². The molecular formula is C15H14F2N2O2. The summed E-state index contributed by atoms with van der Waals surface area (Å²) in [6.45, 7) is 1.97. The van der Waals surface area contributed by atoms with Crippen molar-refractivity contribution in [2.75, 3.05) is 11.4 Å². The molecule has 0 saturated carbocycles. The van der Waals surface area contributed by atoms with Crippen LogP contribution in [0.2, 0.25) is 0 Å². The lowest BCUT2D eigenvalue weighted by molar-refractivity contribution is 0.0988. The van der Waals surface area contributed by atoms with Crippen molar-refractivity contribution in [3.63, 3.8) is 0 Å². The van der Waals surface area contributed by atoms with Gasteiger partial charge in [-0.1, -0.05) is 0 Å². The van der Waals surface area contributed by atoms with E-state index in [-0.39, 0.29) is 23.4 Å². The van der Waals surface area contributed by atoms with Gasteiger partial charge in [-0.3, -0.25) is 9.59 Å². The molecule has 0 saturated heterocycles. The molecule has 1 heterocycles. The van der Waals surface area contributed by atoms with Gasteiger partial charge in [0, 0.05) is 43.2 Å². The van der Waals surface area contributed by atoms with E-state index in [0.29, 0.717) is 0 Å². The smallest absolute Gasteiger partial charge is 0.258 e. The van der Waals surface area contributed by atoms with Crippen molar-refractivity contribution in [2.45, 2.75) is 6.92 Å². The first-order valence-electron chi connectivity index (χ1n) is 6.37. The number of rotatable bonds is 3. The number of hydrogen-bond donors (Lipinski definition) is 0. The Morgan fingerprint density at radius 1 is 1.19 bits per heavy atom. The van der Waals surface area contributed by atoms with E-state index in [4.69, 9.17) is 0 Å². The summed E-state index contributed by atoms with van der Waals surface area (Å²) in [4.78, 5) is 25.2. The first-order valence-corrected chi connectivity index (χ1v) is 6.37. The molecule has 2 rings (SSSR count). The highest BCUT2D eigenvalue weighted by molar-refractivity contribution is 6.05. The predicted octanol–water partition coefficient (Wildman–Crippen LogP) is 2.33. The lowest BCUT2D eigenvalue weighted by Crippen LogP contribution is -2.32. The second-order valence-electron chi connectivity index (χ2n) is 4.51. The first-order chi connectivity index (χ1) is 9.93. The molecule has 0 aliphatic rings. The molecule has 0 bridgehead atoms. The van der Waals surface area contributed by atoms with Crippen molar-refractivity contribution in [1.82, 2.24) is 4.57 Å². The number of benzene rings is 1. The molecule has 21 heavy (non-hydrogen) atoms. The van der Waals surface area contributed by atoms with E-state index in [9.17, 15) is 18.4 Å². The highest BCUT2D eigenvalue weighted by Crippen LogP contribution is 2.19. The number of aromatic nitrogens is 1. The summed E-state index contributed by atoms with van der Waals surface area (Å²) in [5, 5.41) is 0. The molecule has 1 amide bonds. The number of anilines is 1. The Morgan fingerprint density at radius 2 is 1.90 bits per heavy atom. The van der Waals surface area contributed by atoms with Crippen LogP contribution in [0.5, 0.6) is 0 Å². The quantitative estimate of drug-likeness (QED) is 0.871. The molecule has 1 aromatic carbocycles. The molecule has 2 aromatic rings. The van der Waals surface area contributed by atoms with Crippen molar-refractivity contribution in [3.8, 4) is 0 Å². The van der Waals surface area contributed by atoms with Crippen molar-refractivity contribution >= 4 is 11.6 Å². The van der Waals surface area contributed by atoms with Crippen molar-refractivity contribution < 1.29 is 13.6 Å². The van der Waals surface area contributed by atoms with Crippen LogP contribution in [0.15, 0.2) is 41.3 Å². The molecule has 1 aromatic heterocycles. The maximum absolute atomic E-state index is 13.3. The van der Waals surface area contributed by atoms with Gasteiger partial charge in [0.15, 0.2) is 11.6 Å². The van der Waals surface area contributed by atoms with E-state index in [1.54, 1.807) is 14.0 Å². The third-order valence-electron chi connectivity index (χ3n) is 3.13. The number of hydrogen-bond acceptors (Lipinski definition) is 2. The standard InChI is InChI=1S/C15H14F2N2O2/c1-3-19(11-4-5-12(16)13(17)9-11)15(21)10-6-7-18(2)14(20)8-10/h4-9H,3H2,1-2H3. The van der Waals surface area contributed by atoms with Gasteiger partial charge in [0.1, 0.15) is 0 Å². The van der Waals surface area contributed by atoms with Crippen LogP contribution in [0.3, 0.4) is 0 Å². The van der Waals surface area contributed by atoms with Crippen LogP contribution in [0.25, 0.3) is 0 Å². The van der Waals surface area contributed by atoms with Gasteiger partial charge in [-0.2, -0.15) is 0 Å². The van der Waals surface area contributed by atoms with Crippen molar-refractivity contribution in [1.29, 1.82) is 0 Å². The summed E-state index contributed by atoms with van der Waals surface area (Å²) < 4.78 is 27.6. The molecule has 0 fully saturated rings. The van der Waals surface area contributed by atoms with Crippen LogP contribution in [0, 0.1) is 11.6 Å². The topological polar surface area (TPSA) is 42.3 Å². The number of aryl methyl sites for hydroxylation is 1. The molecule has 110 valence electrons. The predicted molar refractivity (Wildman–Crippen MR) is 75.4 cm³/mol. The Morgan fingerprint density at radius 3 is 2.48 bits per heavy atom. The molecule has 0 radical (unpaired) electrons. The molecule has 0 spiro atoms. The fourth-order valence-electron chi connectivity index (χ4n) is 1.93. The third kappa shape index (κ3) is 2.99. The summed E-state index contributed by atoms with van der Waals surface area (Å²) in [6.07, 6.45) is 1.48. The molecule has 0 aliphatic carbocycles. The fraction of sp³-hybridized carbons (Fsp3) is 0.200. The summed E-state index contributed by atoms with van der Waals surface area (Å²) in [5.41, 5.74) is 0.119. The molecule has 6 heteroatoms. The Bertz CT molecular complexity index is 741. The van der Waals surface area contributed by atoms with Gasteiger partial charge >= 0.3 is 0 Å². The van der Waals surface area contributed by atoms with Gasteiger partial charge in [-0.15, -0.1) is 0 Å². The van der Waals surface area contributed by atoms with Crippen LogP contribution >= 0.6 is 0 Å². The molecule has 0 aliphatic heterocycles. The Labute approximate surface area is 120 Å². The van der Waals surface area contributed by atoms with Gasteiger partial charge in [0.2, 0.25) is 0 Å².